The van der Waals surface area contributed by atoms with Crippen molar-refractivity contribution in [2.75, 3.05) is 32.1 Å². The number of hydrogen-bond donors (Lipinski definition) is 2. The number of carbonyl (C=O) groups is 1. The van der Waals surface area contributed by atoms with Crippen molar-refractivity contribution >= 4 is 21.6 Å². The lowest BCUT2D eigenvalue weighted by atomic mass is 10.1. The number of halogens is 2. The highest BCUT2D eigenvalue weighted by Crippen LogP contribution is 2.16. The summed E-state index contributed by atoms with van der Waals surface area (Å²) in [7, 11) is -0.717. The SMILES string of the molecule is CN(C)S(=O)(=O)CCNC(=O)c1cc(F)c(F)cc1N. The molecule has 0 unspecified atom stereocenters. The minimum atomic E-state index is -3.45. The molecule has 1 aromatic carbocycles. The maximum Gasteiger partial charge on any atom is 0.253 e. The molecule has 0 atom stereocenters. The van der Waals surface area contributed by atoms with Gasteiger partial charge in [0.1, 0.15) is 0 Å². The van der Waals surface area contributed by atoms with Crippen molar-refractivity contribution in [1.29, 1.82) is 0 Å². The number of carbonyl (C=O) groups excluding carboxylic acids is 1. The summed E-state index contributed by atoms with van der Waals surface area (Å²) in [4.78, 5) is 11.7. The molecule has 0 saturated carbocycles. The van der Waals surface area contributed by atoms with Gasteiger partial charge in [0.2, 0.25) is 10.0 Å². The fraction of sp³-hybridized carbons (Fsp3) is 0.364. The molecular weight excluding hydrogens is 292 g/mol. The first-order valence-electron chi connectivity index (χ1n) is 5.58. The van der Waals surface area contributed by atoms with Gasteiger partial charge in [-0.1, -0.05) is 0 Å². The molecule has 0 aliphatic heterocycles. The quantitative estimate of drug-likeness (QED) is 0.758. The topological polar surface area (TPSA) is 92.5 Å². The highest BCUT2D eigenvalue weighted by atomic mass is 32.2. The number of hydrogen-bond acceptors (Lipinski definition) is 4. The zero-order valence-corrected chi connectivity index (χ0v) is 11.8. The van der Waals surface area contributed by atoms with E-state index in [2.05, 4.69) is 5.32 Å². The molecule has 0 heterocycles. The monoisotopic (exact) mass is 307 g/mol. The Kier molecular flexibility index (Phi) is 5.01. The average molecular weight is 307 g/mol. The smallest absolute Gasteiger partial charge is 0.253 e. The van der Waals surface area contributed by atoms with Gasteiger partial charge < -0.3 is 11.1 Å². The summed E-state index contributed by atoms with van der Waals surface area (Å²) < 4.78 is 49.8. The second-order valence-corrected chi connectivity index (χ2v) is 6.51. The van der Waals surface area contributed by atoms with Crippen LogP contribution in [0, 0.1) is 11.6 Å². The Balaban J connectivity index is 2.72. The molecule has 0 radical (unpaired) electrons. The van der Waals surface area contributed by atoms with Crippen LogP contribution in [0.3, 0.4) is 0 Å². The highest BCUT2D eigenvalue weighted by molar-refractivity contribution is 7.89. The van der Waals surface area contributed by atoms with Crippen molar-refractivity contribution < 1.29 is 22.0 Å². The molecule has 9 heteroatoms. The summed E-state index contributed by atoms with van der Waals surface area (Å²) in [5.41, 5.74) is 4.93. The number of amides is 1. The van der Waals surface area contributed by atoms with Crippen LogP contribution in [-0.4, -0.2) is 45.0 Å². The van der Waals surface area contributed by atoms with Gasteiger partial charge in [0.15, 0.2) is 11.6 Å². The van der Waals surface area contributed by atoms with Gasteiger partial charge in [0, 0.05) is 32.4 Å². The molecular formula is C11H15F2N3O3S. The fourth-order valence-corrected chi connectivity index (χ4v) is 2.06. The lowest BCUT2D eigenvalue weighted by Gasteiger charge is -2.12. The number of nitrogens with two attached hydrogens (primary N) is 1. The number of nitrogen functional groups attached to an aromatic ring is 1. The van der Waals surface area contributed by atoms with Gasteiger partial charge in [-0.15, -0.1) is 0 Å². The molecule has 0 aliphatic carbocycles. The largest absolute Gasteiger partial charge is 0.398 e. The predicted octanol–water partition coefficient (Wildman–Crippen LogP) is 0.168. The van der Waals surface area contributed by atoms with E-state index in [-0.39, 0.29) is 23.5 Å². The van der Waals surface area contributed by atoms with Crippen LogP contribution in [0.4, 0.5) is 14.5 Å². The zero-order chi connectivity index (χ0) is 15.5. The minimum Gasteiger partial charge on any atom is -0.398 e. The van der Waals surface area contributed by atoms with Crippen molar-refractivity contribution in [2.24, 2.45) is 0 Å². The van der Waals surface area contributed by atoms with Gasteiger partial charge in [-0.05, 0) is 6.07 Å². The molecule has 0 aliphatic rings. The third-order valence-corrected chi connectivity index (χ3v) is 4.37. The van der Waals surface area contributed by atoms with Gasteiger partial charge in [0.25, 0.3) is 5.91 Å². The van der Waals surface area contributed by atoms with E-state index >= 15 is 0 Å². The van der Waals surface area contributed by atoms with Gasteiger partial charge in [0.05, 0.1) is 11.3 Å². The maximum absolute atomic E-state index is 13.0. The first-order chi connectivity index (χ1) is 9.15. The standard InChI is InChI=1S/C11H15F2N3O3S/c1-16(2)20(18,19)4-3-15-11(17)7-5-8(12)9(13)6-10(7)14/h5-6H,3-4,14H2,1-2H3,(H,15,17). The van der Waals surface area contributed by atoms with E-state index in [4.69, 9.17) is 5.73 Å². The second-order valence-electron chi connectivity index (χ2n) is 4.21. The predicted molar refractivity (Wildman–Crippen MR) is 70.6 cm³/mol. The van der Waals surface area contributed by atoms with Gasteiger partial charge >= 0.3 is 0 Å². The number of anilines is 1. The Morgan fingerprint density at radius 3 is 2.40 bits per heavy atom. The van der Waals surface area contributed by atoms with Gasteiger partial charge in [-0.2, -0.15) is 0 Å². The lowest BCUT2D eigenvalue weighted by molar-refractivity contribution is 0.0956. The van der Waals surface area contributed by atoms with Crippen LogP contribution in [0.15, 0.2) is 12.1 Å². The molecule has 1 amide bonds. The second kappa shape index (κ2) is 6.14. The van der Waals surface area contributed by atoms with Crippen LogP contribution in [0.25, 0.3) is 0 Å². The molecule has 20 heavy (non-hydrogen) atoms. The first-order valence-corrected chi connectivity index (χ1v) is 7.19. The van der Waals surface area contributed by atoms with Crippen LogP contribution in [-0.2, 0) is 10.0 Å². The maximum atomic E-state index is 13.0. The van der Waals surface area contributed by atoms with Crippen molar-refractivity contribution in [3.8, 4) is 0 Å². The number of benzene rings is 1. The van der Waals surface area contributed by atoms with E-state index in [0.717, 1.165) is 4.31 Å². The highest BCUT2D eigenvalue weighted by Gasteiger charge is 2.17. The Morgan fingerprint density at radius 2 is 1.85 bits per heavy atom. The molecule has 0 bridgehead atoms. The number of nitrogens with one attached hydrogen (secondary N) is 1. The van der Waals surface area contributed by atoms with Crippen LogP contribution >= 0.6 is 0 Å². The summed E-state index contributed by atoms with van der Waals surface area (Å²) >= 11 is 0. The van der Waals surface area contributed by atoms with Crippen molar-refractivity contribution in [1.82, 2.24) is 9.62 Å². The van der Waals surface area contributed by atoms with Crippen LogP contribution in [0.1, 0.15) is 10.4 Å². The van der Waals surface area contributed by atoms with E-state index in [1.165, 1.54) is 14.1 Å². The molecule has 1 rings (SSSR count). The first kappa shape index (κ1) is 16.3. The minimum absolute atomic E-state index is 0.169. The van der Waals surface area contributed by atoms with Crippen LogP contribution < -0.4 is 11.1 Å². The molecule has 3 N–H and O–H groups in total. The Labute approximate surface area is 115 Å². The third kappa shape index (κ3) is 3.87. The van der Waals surface area contributed by atoms with E-state index in [0.29, 0.717) is 12.1 Å². The van der Waals surface area contributed by atoms with E-state index in [9.17, 15) is 22.0 Å². The van der Waals surface area contributed by atoms with E-state index in [1.807, 2.05) is 0 Å². The lowest BCUT2D eigenvalue weighted by Crippen LogP contribution is -2.34. The van der Waals surface area contributed by atoms with Gasteiger partial charge in [-0.3, -0.25) is 4.79 Å². The molecule has 0 fully saturated rings. The number of sulfonamides is 1. The summed E-state index contributed by atoms with van der Waals surface area (Å²) in [5, 5.41) is 2.28. The average Bonchev–Trinajstić information content (AvgIpc) is 2.33. The summed E-state index contributed by atoms with van der Waals surface area (Å²) in [6, 6.07) is 1.36. The zero-order valence-electron chi connectivity index (χ0n) is 11.0. The molecule has 0 saturated heterocycles. The van der Waals surface area contributed by atoms with Crippen LogP contribution in [0.5, 0.6) is 0 Å². The van der Waals surface area contributed by atoms with E-state index < -0.39 is 27.6 Å². The molecule has 6 nitrogen and oxygen atoms in total. The Morgan fingerprint density at radius 1 is 1.30 bits per heavy atom. The normalized spacial score (nSPS) is 11.7. The van der Waals surface area contributed by atoms with Crippen molar-refractivity contribution in [3.63, 3.8) is 0 Å². The van der Waals surface area contributed by atoms with Gasteiger partial charge in [-0.25, -0.2) is 21.5 Å². The summed E-state index contributed by atoms with van der Waals surface area (Å²) in [6.07, 6.45) is 0. The number of nitrogens with zero attached hydrogens (tertiary/aromatic N) is 1. The van der Waals surface area contributed by atoms with Crippen molar-refractivity contribution in [2.45, 2.75) is 0 Å². The molecule has 0 aromatic heterocycles. The van der Waals surface area contributed by atoms with Crippen molar-refractivity contribution in [3.05, 3.63) is 29.3 Å². The molecule has 1 aromatic rings. The molecule has 112 valence electrons. The Hall–Kier alpha value is -1.74. The van der Waals surface area contributed by atoms with E-state index in [1.54, 1.807) is 0 Å². The fourth-order valence-electron chi connectivity index (χ4n) is 1.33. The molecule has 0 spiro atoms. The number of rotatable bonds is 5. The summed E-state index contributed by atoms with van der Waals surface area (Å²) in [6.45, 7) is -0.169. The third-order valence-electron chi connectivity index (χ3n) is 2.54. The summed E-state index contributed by atoms with van der Waals surface area (Å²) in [5.74, 6) is -3.44. The Bertz CT molecular complexity index is 618. The van der Waals surface area contributed by atoms with Crippen LogP contribution in [0.2, 0.25) is 0 Å².